The van der Waals surface area contributed by atoms with Crippen LogP contribution >= 0.6 is 0 Å². The maximum Gasteiger partial charge on any atom is 0.0794 e. The molecule has 1 aliphatic carbocycles. The van der Waals surface area contributed by atoms with Crippen molar-refractivity contribution in [2.24, 2.45) is 0 Å². The molecule has 0 radical (unpaired) electrons. The molecule has 0 fully saturated rings. The zero-order valence-electron chi connectivity index (χ0n) is 25.8. The molecule has 0 N–H and O–H groups in total. The van der Waals surface area contributed by atoms with Gasteiger partial charge in [0.1, 0.15) is 0 Å². The molecule has 2 aromatic heterocycles. The summed E-state index contributed by atoms with van der Waals surface area (Å²) in [6.45, 7) is 4.75. The van der Waals surface area contributed by atoms with E-state index in [0.717, 1.165) is 22.5 Å². The molecular formula is C44H30N2. The van der Waals surface area contributed by atoms with Gasteiger partial charge in [-0.2, -0.15) is 0 Å². The average molecular weight is 587 g/mol. The molecule has 10 rings (SSSR count). The van der Waals surface area contributed by atoms with Crippen molar-refractivity contribution in [3.8, 4) is 28.1 Å². The lowest BCUT2D eigenvalue weighted by molar-refractivity contribution is 0.666. The van der Waals surface area contributed by atoms with E-state index in [1.807, 2.05) is 0 Å². The van der Waals surface area contributed by atoms with Gasteiger partial charge in [0.25, 0.3) is 0 Å². The quantitative estimate of drug-likeness (QED) is 0.184. The van der Waals surface area contributed by atoms with Crippen molar-refractivity contribution in [2.75, 3.05) is 0 Å². The van der Waals surface area contributed by atoms with E-state index in [-0.39, 0.29) is 5.41 Å². The number of pyridine rings is 1. The van der Waals surface area contributed by atoms with Crippen molar-refractivity contribution in [3.05, 3.63) is 157 Å². The summed E-state index contributed by atoms with van der Waals surface area (Å²) < 4.78 is 2.44. The van der Waals surface area contributed by atoms with Crippen molar-refractivity contribution in [1.82, 2.24) is 9.55 Å². The van der Waals surface area contributed by atoms with E-state index in [1.165, 1.54) is 71.0 Å². The van der Waals surface area contributed by atoms with Crippen LogP contribution in [-0.4, -0.2) is 9.55 Å². The highest BCUT2D eigenvalue weighted by atomic mass is 15.0. The van der Waals surface area contributed by atoms with Crippen LogP contribution in [0.4, 0.5) is 0 Å². The Kier molecular flexibility index (Phi) is 5.09. The molecule has 1 aliphatic rings. The van der Waals surface area contributed by atoms with Crippen LogP contribution in [0.1, 0.15) is 25.0 Å². The zero-order chi connectivity index (χ0) is 30.6. The minimum atomic E-state index is -0.0931. The highest BCUT2D eigenvalue weighted by Gasteiger charge is 2.37. The molecule has 216 valence electrons. The van der Waals surface area contributed by atoms with Gasteiger partial charge in [-0.05, 0) is 74.8 Å². The molecule has 7 aromatic carbocycles. The van der Waals surface area contributed by atoms with E-state index < -0.39 is 0 Å². The first-order valence-corrected chi connectivity index (χ1v) is 16.1. The number of hydrogen-bond donors (Lipinski definition) is 0. The molecule has 2 heteroatoms. The minimum absolute atomic E-state index is 0.0931. The van der Waals surface area contributed by atoms with Crippen LogP contribution in [0.25, 0.3) is 82.3 Å². The van der Waals surface area contributed by atoms with E-state index >= 15 is 0 Å². The number of benzene rings is 7. The SMILES string of the molecule is CC1(C)c2ccccc2-c2ccc3c(c21)c1ccccc1n3-c1cccc(-c2ccc3c4ccccc4c4ccccc4c3n2)c1. The number of rotatable bonds is 2. The van der Waals surface area contributed by atoms with Gasteiger partial charge in [0.05, 0.1) is 22.2 Å². The third-order valence-electron chi connectivity index (χ3n) is 10.3. The summed E-state index contributed by atoms with van der Waals surface area (Å²) in [5.74, 6) is 0. The number of para-hydroxylation sites is 1. The molecule has 0 unspecified atom stereocenters. The number of hydrogen-bond acceptors (Lipinski definition) is 1. The monoisotopic (exact) mass is 586 g/mol. The van der Waals surface area contributed by atoms with Crippen LogP contribution in [0.3, 0.4) is 0 Å². The van der Waals surface area contributed by atoms with Crippen LogP contribution in [-0.2, 0) is 5.41 Å². The van der Waals surface area contributed by atoms with E-state index in [4.69, 9.17) is 4.98 Å². The Hall–Kier alpha value is -5.73. The Morgan fingerprint density at radius 3 is 1.96 bits per heavy atom. The van der Waals surface area contributed by atoms with Crippen molar-refractivity contribution >= 4 is 54.3 Å². The van der Waals surface area contributed by atoms with E-state index in [0.29, 0.717) is 0 Å². The van der Waals surface area contributed by atoms with Gasteiger partial charge in [-0.25, -0.2) is 4.98 Å². The summed E-state index contributed by atoms with van der Waals surface area (Å²) in [6, 6.07) is 53.1. The first-order valence-electron chi connectivity index (χ1n) is 16.1. The van der Waals surface area contributed by atoms with E-state index in [9.17, 15) is 0 Å². The van der Waals surface area contributed by atoms with Crippen molar-refractivity contribution in [2.45, 2.75) is 19.3 Å². The maximum absolute atomic E-state index is 5.35. The molecular weight excluding hydrogens is 556 g/mol. The van der Waals surface area contributed by atoms with Crippen molar-refractivity contribution < 1.29 is 0 Å². The number of aromatic nitrogens is 2. The molecule has 0 bridgehead atoms. The van der Waals surface area contributed by atoms with Gasteiger partial charge in [0, 0.05) is 38.2 Å². The van der Waals surface area contributed by atoms with Crippen LogP contribution in [0, 0.1) is 0 Å². The fourth-order valence-electron chi connectivity index (χ4n) is 8.33. The normalized spacial score (nSPS) is 13.6. The fourth-order valence-corrected chi connectivity index (χ4v) is 8.33. The molecule has 0 spiro atoms. The highest BCUT2D eigenvalue weighted by Crippen LogP contribution is 2.53. The van der Waals surface area contributed by atoms with Crippen LogP contribution < -0.4 is 0 Å². The molecule has 0 saturated heterocycles. The Bertz CT molecular complexity index is 2690. The number of nitrogens with zero attached hydrogens (tertiary/aromatic N) is 2. The molecule has 2 heterocycles. The fraction of sp³-hybridized carbons (Fsp3) is 0.0682. The molecule has 0 amide bonds. The van der Waals surface area contributed by atoms with Gasteiger partial charge in [0.15, 0.2) is 0 Å². The van der Waals surface area contributed by atoms with Crippen molar-refractivity contribution in [1.29, 1.82) is 0 Å². The van der Waals surface area contributed by atoms with Gasteiger partial charge < -0.3 is 4.57 Å². The second kappa shape index (κ2) is 9.15. The van der Waals surface area contributed by atoms with Gasteiger partial charge >= 0.3 is 0 Å². The Balaban J connectivity index is 1.21. The molecule has 0 atom stereocenters. The Morgan fingerprint density at radius 2 is 1.15 bits per heavy atom. The summed E-state index contributed by atoms with van der Waals surface area (Å²) in [5.41, 5.74) is 12.2. The lowest BCUT2D eigenvalue weighted by Gasteiger charge is -2.22. The zero-order valence-corrected chi connectivity index (χ0v) is 25.8. The highest BCUT2D eigenvalue weighted by molar-refractivity contribution is 6.24. The molecule has 2 nitrogen and oxygen atoms in total. The predicted octanol–water partition coefficient (Wildman–Crippen LogP) is 11.6. The standard InChI is InChI=1S/C44H30N2/c1-44(2)37-20-9-7-17-32(37)33-23-25-40-41(42(33)44)36-19-8-10-21-39(36)46(40)28-13-11-12-27(26-28)38-24-22-35-31-16-4-3-14-29(31)30-15-5-6-18-34(30)43(35)45-38/h3-26H,1-2H3. The van der Waals surface area contributed by atoms with Gasteiger partial charge in [0.2, 0.25) is 0 Å². The maximum atomic E-state index is 5.35. The molecule has 46 heavy (non-hydrogen) atoms. The average Bonchev–Trinajstić information content (AvgIpc) is 3.57. The number of fused-ring (bicyclic) bond motifs is 13. The molecule has 0 saturated carbocycles. The summed E-state index contributed by atoms with van der Waals surface area (Å²) in [4.78, 5) is 5.35. The Morgan fingerprint density at radius 1 is 0.500 bits per heavy atom. The van der Waals surface area contributed by atoms with Crippen LogP contribution in [0.2, 0.25) is 0 Å². The van der Waals surface area contributed by atoms with Crippen LogP contribution in [0.5, 0.6) is 0 Å². The Labute approximate surface area is 267 Å². The third kappa shape index (κ3) is 3.33. The van der Waals surface area contributed by atoms with Gasteiger partial charge in [-0.1, -0.05) is 123 Å². The van der Waals surface area contributed by atoms with E-state index in [2.05, 4.69) is 164 Å². The summed E-state index contributed by atoms with van der Waals surface area (Å²) >= 11 is 0. The van der Waals surface area contributed by atoms with Gasteiger partial charge in [-0.3, -0.25) is 0 Å². The first-order chi connectivity index (χ1) is 22.6. The van der Waals surface area contributed by atoms with Gasteiger partial charge in [-0.15, -0.1) is 0 Å². The minimum Gasteiger partial charge on any atom is -0.309 e. The van der Waals surface area contributed by atoms with Crippen LogP contribution in [0.15, 0.2) is 146 Å². The second-order valence-electron chi connectivity index (χ2n) is 13.1. The smallest absolute Gasteiger partial charge is 0.0794 e. The lowest BCUT2D eigenvalue weighted by atomic mass is 9.80. The lowest BCUT2D eigenvalue weighted by Crippen LogP contribution is -2.15. The first kappa shape index (κ1) is 25.6. The second-order valence-corrected chi connectivity index (χ2v) is 13.1. The summed E-state index contributed by atoms with van der Waals surface area (Å²) in [5, 5.41) is 8.78. The molecule has 9 aromatic rings. The van der Waals surface area contributed by atoms with E-state index in [1.54, 1.807) is 0 Å². The van der Waals surface area contributed by atoms with Crippen molar-refractivity contribution in [3.63, 3.8) is 0 Å². The largest absolute Gasteiger partial charge is 0.309 e. The summed E-state index contributed by atoms with van der Waals surface area (Å²) in [6.07, 6.45) is 0. The summed E-state index contributed by atoms with van der Waals surface area (Å²) in [7, 11) is 0. The third-order valence-corrected chi connectivity index (χ3v) is 10.3. The topological polar surface area (TPSA) is 17.8 Å². The predicted molar refractivity (Wildman–Crippen MR) is 194 cm³/mol. The molecule has 0 aliphatic heterocycles.